The van der Waals surface area contributed by atoms with Gasteiger partial charge in [-0.1, -0.05) is 30.3 Å². The number of rotatable bonds is 2. The van der Waals surface area contributed by atoms with E-state index < -0.39 is 4.92 Å². The minimum Gasteiger partial charge on any atom is -0.430 e. The number of nitro benzene ring substituents is 1. The molecule has 0 spiro atoms. The highest BCUT2D eigenvalue weighted by Crippen LogP contribution is 2.33. The summed E-state index contributed by atoms with van der Waals surface area (Å²) in [5.41, 5.74) is 2.09. The van der Waals surface area contributed by atoms with Crippen LogP contribution in [0.25, 0.3) is 33.0 Å². The molecule has 0 radical (unpaired) electrons. The fourth-order valence-electron chi connectivity index (χ4n) is 2.79. The monoisotopic (exact) mass is 334 g/mol. The van der Waals surface area contributed by atoms with Crippen LogP contribution < -0.4 is 0 Å². The van der Waals surface area contributed by atoms with E-state index in [0.717, 1.165) is 21.7 Å². The van der Waals surface area contributed by atoms with Crippen LogP contribution in [-0.2, 0) is 0 Å². The highest BCUT2D eigenvalue weighted by atomic mass is 32.1. The molecule has 0 aliphatic carbocycles. The molecule has 0 fully saturated rings. The lowest BCUT2D eigenvalue weighted by Gasteiger charge is -2.08. The van der Waals surface area contributed by atoms with Gasteiger partial charge in [0.25, 0.3) is 10.5 Å². The highest BCUT2D eigenvalue weighted by Gasteiger charge is 2.13. The molecule has 0 aliphatic heterocycles. The number of aromatic nitrogens is 1. The molecular weight excluding hydrogens is 324 g/mol. The Kier molecular flexibility index (Phi) is 3.32. The second-order valence-electron chi connectivity index (χ2n) is 5.29. The molecule has 0 amide bonds. The normalized spacial score (nSPS) is 11.0. The van der Waals surface area contributed by atoms with Gasteiger partial charge < -0.3 is 4.42 Å². The smallest absolute Gasteiger partial charge is 0.289 e. The number of nitro groups is 1. The third kappa shape index (κ3) is 2.33. The molecule has 6 heteroatoms. The maximum Gasteiger partial charge on any atom is 0.289 e. The zero-order valence-corrected chi connectivity index (χ0v) is 13.1. The van der Waals surface area contributed by atoms with Gasteiger partial charge >= 0.3 is 0 Å². The van der Waals surface area contributed by atoms with Crippen molar-refractivity contribution < 1.29 is 9.34 Å². The molecule has 0 unspecified atom stereocenters. The highest BCUT2D eigenvalue weighted by molar-refractivity contribution is 7.71. The molecule has 4 aromatic rings. The number of fused-ring (bicyclic) bond motifs is 3. The largest absolute Gasteiger partial charge is 0.430 e. The predicted octanol–water partition coefficient (Wildman–Crippen LogP) is 5.29. The van der Waals surface area contributed by atoms with Gasteiger partial charge in [0.15, 0.2) is 0 Å². The van der Waals surface area contributed by atoms with Crippen LogP contribution in [0.5, 0.6) is 0 Å². The molecule has 3 aromatic carbocycles. The van der Waals surface area contributed by atoms with Crippen molar-refractivity contribution in [2.24, 2.45) is 0 Å². The molecular formula is C18H10N2O3S. The Morgan fingerprint density at radius 1 is 1.00 bits per heavy atom. The summed E-state index contributed by atoms with van der Waals surface area (Å²) in [6.07, 6.45) is 0. The maximum absolute atomic E-state index is 10.8. The quantitative estimate of drug-likeness (QED) is 0.216. The Hall–Kier alpha value is -3.12. The number of hydrogen-bond acceptors (Lipinski definition) is 5. The Balaban J connectivity index is 2.08. The predicted molar refractivity (Wildman–Crippen MR) is 94.4 cm³/mol. The summed E-state index contributed by atoms with van der Waals surface area (Å²) in [6.45, 7) is 0. The van der Waals surface area contributed by atoms with E-state index in [1.54, 1.807) is 12.1 Å². The van der Waals surface area contributed by atoms with Gasteiger partial charge in [0.2, 0.25) is 0 Å². The van der Waals surface area contributed by atoms with E-state index in [-0.39, 0.29) is 10.5 Å². The summed E-state index contributed by atoms with van der Waals surface area (Å²) >= 11 is 5.13. The number of nitrogens with zero attached hydrogens (tertiary/aromatic N) is 2. The maximum atomic E-state index is 10.8. The van der Waals surface area contributed by atoms with E-state index in [1.807, 2.05) is 36.4 Å². The van der Waals surface area contributed by atoms with Crippen molar-refractivity contribution in [2.75, 3.05) is 0 Å². The van der Waals surface area contributed by atoms with Crippen molar-refractivity contribution in [3.8, 4) is 11.3 Å². The molecule has 4 rings (SSSR count). The summed E-state index contributed by atoms with van der Waals surface area (Å²) in [7, 11) is 0. The first-order valence-electron chi connectivity index (χ1n) is 7.21. The van der Waals surface area contributed by atoms with Crippen LogP contribution in [0.15, 0.2) is 65.1 Å². The van der Waals surface area contributed by atoms with E-state index in [2.05, 4.69) is 4.98 Å². The van der Waals surface area contributed by atoms with Crippen molar-refractivity contribution in [3.63, 3.8) is 0 Å². The van der Waals surface area contributed by atoms with Crippen LogP contribution in [0.2, 0.25) is 0 Å². The average Bonchev–Trinajstić information content (AvgIpc) is 2.60. The van der Waals surface area contributed by atoms with Crippen LogP contribution in [0.1, 0.15) is 0 Å². The summed E-state index contributed by atoms with van der Waals surface area (Å²) < 4.78 is 5.59. The first kappa shape index (κ1) is 14.5. The first-order valence-corrected chi connectivity index (χ1v) is 7.62. The first-order chi connectivity index (χ1) is 11.6. The standard InChI is InChI=1S/C18H10N2O3S/c21-20(22)13-8-5-12(6-9-13)17-16-14-4-2-1-3-11(14)7-10-15(16)23-18(24)19-17/h1-10H. The molecule has 0 saturated heterocycles. The minimum atomic E-state index is -0.427. The van der Waals surface area contributed by atoms with E-state index in [1.165, 1.54) is 12.1 Å². The van der Waals surface area contributed by atoms with Gasteiger partial charge in [-0.25, -0.2) is 4.98 Å². The summed E-state index contributed by atoms with van der Waals surface area (Å²) in [5.74, 6) is 0. The Morgan fingerprint density at radius 2 is 1.75 bits per heavy atom. The van der Waals surface area contributed by atoms with Crippen LogP contribution >= 0.6 is 12.2 Å². The van der Waals surface area contributed by atoms with Gasteiger partial charge in [0.05, 0.1) is 16.0 Å². The molecule has 0 aliphatic rings. The van der Waals surface area contributed by atoms with Crippen molar-refractivity contribution in [2.45, 2.75) is 0 Å². The Labute approximate surface area is 141 Å². The summed E-state index contributed by atoms with van der Waals surface area (Å²) in [6, 6.07) is 18.0. The van der Waals surface area contributed by atoms with Crippen LogP contribution in [0.4, 0.5) is 5.69 Å². The van der Waals surface area contributed by atoms with E-state index in [9.17, 15) is 10.1 Å². The average molecular weight is 334 g/mol. The lowest BCUT2D eigenvalue weighted by molar-refractivity contribution is -0.384. The lowest BCUT2D eigenvalue weighted by atomic mass is 10.0. The third-order valence-corrected chi connectivity index (χ3v) is 4.05. The van der Waals surface area contributed by atoms with Crippen molar-refractivity contribution in [3.05, 3.63) is 75.6 Å². The molecule has 24 heavy (non-hydrogen) atoms. The van der Waals surface area contributed by atoms with Gasteiger partial charge in [-0.2, -0.15) is 0 Å². The van der Waals surface area contributed by atoms with Gasteiger partial charge in [0.1, 0.15) is 5.58 Å². The third-order valence-electron chi connectivity index (χ3n) is 3.88. The zero-order valence-electron chi connectivity index (χ0n) is 12.3. The van der Waals surface area contributed by atoms with Gasteiger partial charge in [-0.05, 0) is 41.2 Å². The molecule has 1 heterocycles. The van der Waals surface area contributed by atoms with Gasteiger partial charge in [-0.3, -0.25) is 10.1 Å². The van der Waals surface area contributed by atoms with Crippen LogP contribution in [0.3, 0.4) is 0 Å². The number of benzene rings is 3. The molecule has 116 valence electrons. The lowest BCUT2D eigenvalue weighted by Crippen LogP contribution is -1.91. The van der Waals surface area contributed by atoms with Crippen LogP contribution in [0, 0.1) is 15.0 Å². The van der Waals surface area contributed by atoms with Crippen molar-refractivity contribution in [1.82, 2.24) is 4.98 Å². The fraction of sp³-hybridized carbons (Fsp3) is 0. The molecule has 0 saturated carbocycles. The SMILES string of the molecule is O=[N+]([O-])c1ccc(-c2nc(=S)oc3ccc4ccccc4c23)cc1. The summed E-state index contributed by atoms with van der Waals surface area (Å²) in [4.78, 5) is 14.9. The Bertz CT molecular complexity index is 1150. The van der Waals surface area contributed by atoms with Crippen molar-refractivity contribution >= 4 is 39.6 Å². The van der Waals surface area contributed by atoms with Crippen LogP contribution in [-0.4, -0.2) is 9.91 Å². The minimum absolute atomic E-state index is 0.0344. The molecule has 0 bridgehead atoms. The van der Waals surface area contributed by atoms with Gasteiger partial charge in [-0.15, -0.1) is 0 Å². The van der Waals surface area contributed by atoms with E-state index in [4.69, 9.17) is 16.6 Å². The summed E-state index contributed by atoms with van der Waals surface area (Å²) in [5, 5.41) is 13.7. The van der Waals surface area contributed by atoms with E-state index in [0.29, 0.717) is 11.3 Å². The van der Waals surface area contributed by atoms with E-state index >= 15 is 0 Å². The molecule has 0 atom stereocenters. The topological polar surface area (TPSA) is 69.2 Å². The molecule has 5 nitrogen and oxygen atoms in total. The molecule has 1 aromatic heterocycles. The second kappa shape index (κ2) is 5.50. The zero-order chi connectivity index (χ0) is 16.7. The second-order valence-corrected chi connectivity index (χ2v) is 5.64. The van der Waals surface area contributed by atoms with Gasteiger partial charge in [0, 0.05) is 17.7 Å². The fourth-order valence-corrected chi connectivity index (χ4v) is 2.98. The number of hydrogen-bond donors (Lipinski definition) is 0. The molecule has 0 N–H and O–H groups in total. The number of non-ortho nitro benzene ring substituents is 1. The Morgan fingerprint density at radius 3 is 2.50 bits per heavy atom. The van der Waals surface area contributed by atoms with Crippen molar-refractivity contribution in [1.29, 1.82) is 0 Å².